The van der Waals surface area contributed by atoms with Gasteiger partial charge in [0.25, 0.3) is 0 Å². The summed E-state index contributed by atoms with van der Waals surface area (Å²) < 4.78 is 25.0. The van der Waals surface area contributed by atoms with Gasteiger partial charge in [0.2, 0.25) is 15.9 Å². The third kappa shape index (κ3) is 5.14. The Morgan fingerprint density at radius 2 is 1.79 bits per heavy atom. The van der Waals surface area contributed by atoms with Gasteiger partial charge in [-0.2, -0.15) is 4.31 Å². The van der Waals surface area contributed by atoms with Crippen molar-refractivity contribution in [2.75, 3.05) is 18.1 Å². The third-order valence-corrected chi connectivity index (χ3v) is 4.88. The Morgan fingerprint density at radius 3 is 2.38 bits per heavy atom. The number of hydrogen-bond acceptors (Lipinski definition) is 4. The van der Waals surface area contributed by atoms with E-state index in [-0.39, 0.29) is 19.0 Å². The van der Waals surface area contributed by atoms with E-state index < -0.39 is 10.0 Å². The van der Waals surface area contributed by atoms with E-state index in [4.69, 9.17) is 0 Å². The van der Waals surface area contributed by atoms with Crippen LogP contribution >= 0.6 is 0 Å². The summed E-state index contributed by atoms with van der Waals surface area (Å²) in [6.07, 6.45) is 4.27. The highest BCUT2D eigenvalue weighted by Crippen LogP contribution is 2.14. The number of aromatic nitrogens is 1. The molecule has 0 radical (unpaired) electrons. The van der Waals surface area contributed by atoms with Crippen molar-refractivity contribution in [2.45, 2.75) is 20.4 Å². The first-order valence-corrected chi connectivity index (χ1v) is 9.31. The first-order valence-electron chi connectivity index (χ1n) is 7.47. The lowest BCUT2D eigenvalue weighted by Crippen LogP contribution is -2.36. The molecule has 0 spiro atoms. The van der Waals surface area contributed by atoms with Crippen LogP contribution in [0.25, 0.3) is 0 Å². The first kappa shape index (κ1) is 18.1. The zero-order valence-electron chi connectivity index (χ0n) is 14.0. The largest absolute Gasteiger partial charge is 0.325 e. The second kappa shape index (κ2) is 7.55. The number of sulfonamides is 1. The van der Waals surface area contributed by atoms with Crippen LogP contribution in [-0.4, -0.2) is 36.4 Å². The molecule has 0 saturated carbocycles. The maximum Gasteiger partial charge on any atom is 0.239 e. The Labute approximate surface area is 142 Å². The topological polar surface area (TPSA) is 79.4 Å². The number of rotatable bonds is 6. The van der Waals surface area contributed by atoms with Gasteiger partial charge in [0.05, 0.1) is 12.8 Å². The maximum absolute atomic E-state index is 12.2. The number of benzene rings is 1. The smallest absolute Gasteiger partial charge is 0.239 e. The molecule has 1 amide bonds. The number of carbonyl (C=O) groups is 1. The molecule has 0 aliphatic rings. The van der Waals surface area contributed by atoms with Crippen molar-refractivity contribution in [3.63, 3.8) is 0 Å². The Balaban J connectivity index is 2.08. The van der Waals surface area contributed by atoms with Crippen molar-refractivity contribution in [1.82, 2.24) is 9.29 Å². The van der Waals surface area contributed by atoms with Gasteiger partial charge in [-0.1, -0.05) is 6.07 Å². The van der Waals surface area contributed by atoms with Gasteiger partial charge in [0.1, 0.15) is 0 Å². The van der Waals surface area contributed by atoms with Gasteiger partial charge in [-0.05, 0) is 54.8 Å². The number of hydrogen-bond donors (Lipinski definition) is 1. The zero-order chi connectivity index (χ0) is 17.7. The van der Waals surface area contributed by atoms with Crippen molar-refractivity contribution in [1.29, 1.82) is 0 Å². The van der Waals surface area contributed by atoms with E-state index >= 15 is 0 Å². The summed E-state index contributed by atoms with van der Waals surface area (Å²) in [5.41, 5.74) is 3.61. The van der Waals surface area contributed by atoms with Crippen molar-refractivity contribution >= 4 is 21.6 Å². The number of amides is 1. The molecule has 128 valence electrons. The molecular formula is C17H21N3O3S. The van der Waals surface area contributed by atoms with Gasteiger partial charge in [0.15, 0.2) is 0 Å². The molecule has 2 rings (SSSR count). The van der Waals surface area contributed by atoms with E-state index in [0.29, 0.717) is 5.69 Å². The maximum atomic E-state index is 12.2. The number of pyridine rings is 1. The lowest BCUT2D eigenvalue weighted by Gasteiger charge is -2.19. The average Bonchev–Trinajstić information content (AvgIpc) is 2.50. The van der Waals surface area contributed by atoms with E-state index in [9.17, 15) is 13.2 Å². The number of nitrogens with one attached hydrogen (secondary N) is 1. The fourth-order valence-electron chi connectivity index (χ4n) is 2.16. The van der Waals surface area contributed by atoms with Crippen LogP contribution in [0.15, 0.2) is 42.7 Å². The summed E-state index contributed by atoms with van der Waals surface area (Å²) in [6.45, 7) is 3.83. The van der Waals surface area contributed by atoms with Crippen molar-refractivity contribution in [3.05, 3.63) is 59.4 Å². The van der Waals surface area contributed by atoms with E-state index in [1.54, 1.807) is 30.6 Å². The van der Waals surface area contributed by atoms with E-state index in [0.717, 1.165) is 27.3 Å². The molecule has 24 heavy (non-hydrogen) atoms. The third-order valence-electron chi connectivity index (χ3n) is 3.69. The minimum Gasteiger partial charge on any atom is -0.325 e. The van der Waals surface area contributed by atoms with Crippen LogP contribution in [0.1, 0.15) is 16.7 Å². The quantitative estimate of drug-likeness (QED) is 0.868. The first-order chi connectivity index (χ1) is 11.3. The van der Waals surface area contributed by atoms with Gasteiger partial charge in [-0.3, -0.25) is 9.78 Å². The highest BCUT2D eigenvalue weighted by atomic mass is 32.2. The van der Waals surface area contributed by atoms with Crippen molar-refractivity contribution < 1.29 is 13.2 Å². The molecule has 1 aromatic heterocycles. The van der Waals surface area contributed by atoms with Crippen LogP contribution in [0.5, 0.6) is 0 Å². The normalized spacial score (nSPS) is 11.5. The summed E-state index contributed by atoms with van der Waals surface area (Å²) in [4.78, 5) is 16.1. The number of carbonyl (C=O) groups excluding carboxylic acids is 1. The van der Waals surface area contributed by atoms with Crippen LogP contribution in [0.2, 0.25) is 0 Å². The molecule has 0 aliphatic carbocycles. The highest BCUT2D eigenvalue weighted by Gasteiger charge is 2.20. The molecule has 1 N–H and O–H groups in total. The molecule has 0 atom stereocenters. The van der Waals surface area contributed by atoms with Gasteiger partial charge >= 0.3 is 0 Å². The molecule has 1 heterocycles. The predicted molar refractivity (Wildman–Crippen MR) is 94.0 cm³/mol. The highest BCUT2D eigenvalue weighted by molar-refractivity contribution is 7.88. The van der Waals surface area contributed by atoms with E-state index in [1.807, 2.05) is 26.0 Å². The summed E-state index contributed by atoms with van der Waals surface area (Å²) in [7, 11) is -3.51. The molecule has 0 unspecified atom stereocenters. The number of anilines is 1. The summed E-state index contributed by atoms with van der Waals surface area (Å²) in [6, 6.07) is 9.02. The molecule has 0 fully saturated rings. The monoisotopic (exact) mass is 347 g/mol. The van der Waals surface area contributed by atoms with Crippen LogP contribution in [-0.2, 0) is 21.4 Å². The fourth-order valence-corrected chi connectivity index (χ4v) is 2.90. The summed E-state index contributed by atoms with van der Waals surface area (Å²) in [5, 5.41) is 2.74. The Kier molecular flexibility index (Phi) is 5.69. The van der Waals surface area contributed by atoms with E-state index in [2.05, 4.69) is 10.3 Å². The van der Waals surface area contributed by atoms with Gasteiger partial charge in [0, 0.05) is 24.6 Å². The standard InChI is InChI=1S/C17H21N3O3S/c1-13-4-5-16(10-14(13)2)19-17(21)12-20(24(3,22)23)11-15-6-8-18-9-7-15/h4-10H,11-12H2,1-3H3,(H,19,21). The predicted octanol–water partition coefficient (Wildman–Crippen LogP) is 2.10. The van der Waals surface area contributed by atoms with Crippen LogP contribution in [0.3, 0.4) is 0 Å². The second-order valence-corrected chi connectivity index (χ2v) is 7.72. The second-order valence-electron chi connectivity index (χ2n) is 5.73. The SMILES string of the molecule is Cc1ccc(NC(=O)CN(Cc2ccncc2)S(C)(=O)=O)cc1C. The molecule has 0 aliphatic heterocycles. The average molecular weight is 347 g/mol. The Morgan fingerprint density at radius 1 is 1.12 bits per heavy atom. The molecule has 6 nitrogen and oxygen atoms in total. The van der Waals surface area contributed by atoms with Crippen molar-refractivity contribution in [3.8, 4) is 0 Å². The molecule has 0 bridgehead atoms. The fraction of sp³-hybridized carbons (Fsp3) is 0.294. The summed E-state index contributed by atoms with van der Waals surface area (Å²) >= 11 is 0. The molecule has 1 aromatic carbocycles. The van der Waals surface area contributed by atoms with Crippen LogP contribution in [0, 0.1) is 13.8 Å². The minimum atomic E-state index is -3.51. The molecule has 7 heteroatoms. The molecule has 2 aromatic rings. The van der Waals surface area contributed by atoms with Gasteiger partial charge in [-0.15, -0.1) is 0 Å². The number of nitrogens with zero attached hydrogens (tertiary/aromatic N) is 2. The Hall–Kier alpha value is -2.25. The van der Waals surface area contributed by atoms with Crippen molar-refractivity contribution in [2.24, 2.45) is 0 Å². The number of aryl methyl sites for hydroxylation is 2. The van der Waals surface area contributed by atoms with E-state index in [1.165, 1.54) is 0 Å². The summed E-state index contributed by atoms with van der Waals surface area (Å²) in [5.74, 6) is -0.377. The van der Waals surface area contributed by atoms with Gasteiger partial charge in [-0.25, -0.2) is 8.42 Å². The Bertz CT molecular complexity index is 820. The lowest BCUT2D eigenvalue weighted by atomic mass is 10.1. The molecule has 0 saturated heterocycles. The van der Waals surface area contributed by atoms with Crippen LogP contribution < -0.4 is 5.32 Å². The molecular weight excluding hydrogens is 326 g/mol. The lowest BCUT2D eigenvalue weighted by molar-refractivity contribution is -0.116. The minimum absolute atomic E-state index is 0.127. The zero-order valence-corrected chi connectivity index (χ0v) is 14.8. The van der Waals surface area contributed by atoms with Gasteiger partial charge < -0.3 is 5.32 Å². The van der Waals surface area contributed by atoms with Crippen LogP contribution in [0.4, 0.5) is 5.69 Å².